The number of nitrogens with one attached hydrogen (secondary N) is 2. The molecule has 2 heterocycles. The number of halogens is 2. The van der Waals surface area contributed by atoms with Crippen LogP contribution in [0.3, 0.4) is 0 Å². The molecule has 3 rings (SSSR count). The van der Waals surface area contributed by atoms with Crippen LogP contribution in [-0.4, -0.2) is 38.9 Å². The third-order valence-corrected chi connectivity index (χ3v) is 5.21. The summed E-state index contributed by atoms with van der Waals surface area (Å²) >= 11 is 16.6. The summed E-state index contributed by atoms with van der Waals surface area (Å²) in [5.41, 5.74) is 1.63. The monoisotopic (exact) mass is 491 g/mol. The number of aromatic nitrogens is 3. The summed E-state index contributed by atoms with van der Waals surface area (Å²) in [6, 6.07) is 7.90. The fourth-order valence-corrected chi connectivity index (χ4v) is 3.56. The number of benzene rings is 1. The molecule has 11 heteroatoms. The topological polar surface area (TPSA) is 106 Å². The van der Waals surface area contributed by atoms with Crippen molar-refractivity contribution < 1.29 is 14.4 Å². The second-order valence-corrected chi connectivity index (χ2v) is 8.04. The number of Topliss-reactive ketones (excluding diaryl/α,β-unsaturated/α-hetero) is 1. The maximum absolute atomic E-state index is 13.2. The van der Waals surface area contributed by atoms with Gasteiger partial charge in [-0.1, -0.05) is 23.2 Å². The SMILES string of the molecule is CC(=O)CNC(=O)c1cc(Cl)cc(C)c1NC(=O)c1cc(CS)nn1-c1ncccc1Cl. The normalized spacial score (nSPS) is 10.7. The first kappa shape index (κ1) is 23.8. The number of hydrogen-bond donors (Lipinski definition) is 3. The number of carbonyl (C=O) groups is 3. The van der Waals surface area contributed by atoms with E-state index < -0.39 is 11.8 Å². The molecular weight excluding hydrogens is 473 g/mol. The van der Waals surface area contributed by atoms with Crippen molar-refractivity contribution in [3.8, 4) is 5.82 Å². The third-order valence-electron chi connectivity index (χ3n) is 4.38. The van der Waals surface area contributed by atoms with Crippen molar-refractivity contribution in [1.29, 1.82) is 0 Å². The molecule has 0 fully saturated rings. The van der Waals surface area contributed by atoms with Crippen molar-refractivity contribution in [2.75, 3.05) is 11.9 Å². The van der Waals surface area contributed by atoms with E-state index in [1.165, 1.54) is 23.9 Å². The second kappa shape index (κ2) is 10.2. The standard InChI is InChI=1S/C21H19Cl2N5O3S/c1-11-6-13(22)7-15(20(30)25-9-12(2)29)18(11)26-21(31)17-8-14(10-32)27-28(17)19-16(23)4-3-5-24-19/h3-8,32H,9-10H2,1-2H3,(H,25,30)(H,26,31). The lowest BCUT2D eigenvalue weighted by Gasteiger charge is -2.15. The predicted octanol–water partition coefficient (Wildman–Crippen LogP) is 3.88. The molecule has 0 aliphatic rings. The van der Waals surface area contributed by atoms with Crippen molar-refractivity contribution in [3.05, 3.63) is 69.1 Å². The summed E-state index contributed by atoms with van der Waals surface area (Å²) in [6.07, 6.45) is 1.53. The molecule has 2 N–H and O–H groups in total. The third kappa shape index (κ3) is 5.29. The Bertz CT molecular complexity index is 1210. The fourth-order valence-electron chi connectivity index (χ4n) is 2.93. The summed E-state index contributed by atoms with van der Waals surface area (Å²) < 4.78 is 1.32. The van der Waals surface area contributed by atoms with Crippen LogP contribution in [0.5, 0.6) is 0 Å². The smallest absolute Gasteiger partial charge is 0.274 e. The number of thiol groups is 1. The van der Waals surface area contributed by atoms with Gasteiger partial charge in [0, 0.05) is 17.0 Å². The lowest BCUT2D eigenvalue weighted by atomic mass is 10.1. The Kier molecular flexibility index (Phi) is 7.55. The molecule has 0 spiro atoms. The second-order valence-electron chi connectivity index (χ2n) is 6.88. The summed E-state index contributed by atoms with van der Waals surface area (Å²) in [5.74, 6) is -0.731. The molecule has 166 valence electrons. The molecule has 0 unspecified atom stereocenters. The first-order valence-corrected chi connectivity index (χ1v) is 10.8. The van der Waals surface area contributed by atoms with Gasteiger partial charge in [-0.05, 0) is 49.7 Å². The van der Waals surface area contributed by atoms with Crippen molar-refractivity contribution in [1.82, 2.24) is 20.1 Å². The number of nitrogens with zero attached hydrogens (tertiary/aromatic N) is 3. The van der Waals surface area contributed by atoms with Crippen molar-refractivity contribution >= 4 is 59.1 Å². The minimum absolute atomic E-state index is 0.126. The van der Waals surface area contributed by atoms with E-state index in [4.69, 9.17) is 23.2 Å². The summed E-state index contributed by atoms with van der Waals surface area (Å²) in [6.45, 7) is 2.92. The molecule has 3 aromatic rings. The van der Waals surface area contributed by atoms with Crippen LogP contribution in [0.2, 0.25) is 10.0 Å². The van der Waals surface area contributed by atoms with Crippen LogP contribution in [0.25, 0.3) is 5.82 Å². The molecule has 0 radical (unpaired) electrons. The van der Waals surface area contributed by atoms with Gasteiger partial charge in [-0.15, -0.1) is 0 Å². The highest BCUT2D eigenvalue weighted by Crippen LogP contribution is 2.27. The zero-order valence-electron chi connectivity index (χ0n) is 17.1. The van der Waals surface area contributed by atoms with Gasteiger partial charge in [0.25, 0.3) is 11.8 Å². The number of ketones is 1. The molecule has 0 saturated heterocycles. The average molecular weight is 492 g/mol. The Hall–Kier alpha value is -2.88. The largest absolute Gasteiger partial charge is 0.345 e. The van der Waals surface area contributed by atoms with Gasteiger partial charge in [0.2, 0.25) is 0 Å². The number of pyridine rings is 1. The molecular formula is C21H19Cl2N5O3S. The van der Waals surface area contributed by atoms with Crippen LogP contribution in [-0.2, 0) is 10.5 Å². The molecule has 8 nitrogen and oxygen atoms in total. The van der Waals surface area contributed by atoms with Crippen LogP contribution in [0.1, 0.15) is 39.0 Å². The van der Waals surface area contributed by atoms with E-state index in [9.17, 15) is 14.4 Å². The minimum Gasteiger partial charge on any atom is -0.345 e. The van der Waals surface area contributed by atoms with Crippen LogP contribution >= 0.6 is 35.8 Å². The molecule has 0 atom stereocenters. The molecule has 0 saturated carbocycles. The lowest BCUT2D eigenvalue weighted by molar-refractivity contribution is -0.116. The molecule has 32 heavy (non-hydrogen) atoms. The Morgan fingerprint density at radius 2 is 1.91 bits per heavy atom. The van der Waals surface area contributed by atoms with Crippen molar-refractivity contribution in [2.24, 2.45) is 0 Å². The number of rotatable bonds is 7. The van der Waals surface area contributed by atoms with Crippen LogP contribution in [0.15, 0.2) is 36.5 Å². The minimum atomic E-state index is -0.543. The first-order valence-electron chi connectivity index (χ1n) is 9.41. The fraction of sp³-hybridized carbons (Fsp3) is 0.190. The van der Waals surface area contributed by atoms with E-state index in [0.29, 0.717) is 21.3 Å². The summed E-state index contributed by atoms with van der Waals surface area (Å²) in [7, 11) is 0. The highest BCUT2D eigenvalue weighted by molar-refractivity contribution is 7.79. The highest BCUT2D eigenvalue weighted by Gasteiger charge is 2.22. The number of hydrogen-bond acceptors (Lipinski definition) is 6. The molecule has 2 amide bonds. The van der Waals surface area contributed by atoms with Crippen LogP contribution in [0, 0.1) is 6.92 Å². The zero-order chi connectivity index (χ0) is 23.4. The van der Waals surface area contributed by atoms with Gasteiger partial charge in [0.15, 0.2) is 5.82 Å². The van der Waals surface area contributed by atoms with Gasteiger partial charge in [0.1, 0.15) is 11.5 Å². The van der Waals surface area contributed by atoms with Gasteiger partial charge < -0.3 is 10.6 Å². The molecule has 2 aromatic heterocycles. The first-order chi connectivity index (χ1) is 15.2. The van der Waals surface area contributed by atoms with Crippen molar-refractivity contribution in [3.63, 3.8) is 0 Å². The van der Waals surface area contributed by atoms with Gasteiger partial charge in [-0.3, -0.25) is 14.4 Å². The summed E-state index contributed by atoms with van der Waals surface area (Å²) in [4.78, 5) is 41.3. The quantitative estimate of drug-likeness (QED) is 0.434. The molecule has 1 aromatic carbocycles. The Balaban J connectivity index is 2.01. The Morgan fingerprint density at radius 1 is 1.16 bits per heavy atom. The number of amides is 2. The Morgan fingerprint density at radius 3 is 2.56 bits per heavy atom. The number of carbonyl (C=O) groups excluding carboxylic acids is 3. The van der Waals surface area contributed by atoms with E-state index in [2.05, 4.69) is 33.3 Å². The lowest BCUT2D eigenvalue weighted by Crippen LogP contribution is -2.30. The molecule has 0 aliphatic carbocycles. The average Bonchev–Trinajstić information content (AvgIpc) is 3.18. The Labute approximate surface area is 199 Å². The van der Waals surface area contributed by atoms with E-state index in [0.717, 1.165) is 0 Å². The van der Waals surface area contributed by atoms with E-state index in [-0.39, 0.29) is 40.8 Å². The molecule has 0 bridgehead atoms. The zero-order valence-corrected chi connectivity index (χ0v) is 19.6. The predicted molar refractivity (Wildman–Crippen MR) is 126 cm³/mol. The van der Waals surface area contributed by atoms with E-state index >= 15 is 0 Å². The summed E-state index contributed by atoms with van der Waals surface area (Å²) in [5, 5.41) is 10.3. The van der Waals surface area contributed by atoms with E-state index in [1.807, 2.05) is 0 Å². The van der Waals surface area contributed by atoms with Gasteiger partial charge >= 0.3 is 0 Å². The number of aryl methyl sites for hydroxylation is 1. The van der Waals surface area contributed by atoms with Crippen LogP contribution < -0.4 is 10.6 Å². The number of anilines is 1. The van der Waals surface area contributed by atoms with Crippen LogP contribution in [0.4, 0.5) is 5.69 Å². The maximum atomic E-state index is 13.2. The van der Waals surface area contributed by atoms with Gasteiger partial charge in [-0.2, -0.15) is 17.7 Å². The van der Waals surface area contributed by atoms with Gasteiger partial charge in [0.05, 0.1) is 28.5 Å². The van der Waals surface area contributed by atoms with Gasteiger partial charge in [-0.25, -0.2) is 9.67 Å². The van der Waals surface area contributed by atoms with E-state index in [1.54, 1.807) is 31.2 Å². The van der Waals surface area contributed by atoms with Crippen molar-refractivity contribution in [2.45, 2.75) is 19.6 Å². The molecule has 0 aliphatic heterocycles. The highest BCUT2D eigenvalue weighted by atomic mass is 35.5. The maximum Gasteiger partial charge on any atom is 0.274 e.